The Hall–Kier alpha value is -2.22. The molecule has 3 aliphatic heterocycles. The third-order valence-electron chi connectivity index (χ3n) is 5.69. The lowest BCUT2D eigenvalue weighted by Crippen LogP contribution is -2.37. The lowest BCUT2D eigenvalue weighted by Gasteiger charge is -2.19. The Bertz CT molecular complexity index is 919. The Morgan fingerprint density at radius 3 is 2.83 bits per heavy atom. The van der Waals surface area contributed by atoms with Gasteiger partial charge in [0.15, 0.2) is 11.5 Å². The number of dihydropyridines is 1. The normalized spacial score (nSPS) is 20.0. The number of allylic oxidation sites excluding steroid dienone is 1. The van der Waals surface area contributed by atoms with Crippen LogP contribution in [0.3, 0.4) is 0 Å². The molecule has 7 heteroatoms. The number of benzene rings is 1. The van der Waals surface area contributed by atoms with E-state index >= 15 is 0 Å². The van der Waals surface area contributed by atoms with Gasteiger partial charge in [-0.2, -0.15) is 0 Å². The summed E-state index contributed by atoms with van der Waals surface area (Å²) in [6, 6.07) is 4.02. The van der Waals surface area contributed by atoms with Crippen LogP contribution in [0.4, 0.5) is 0 Å². The topological polar surface area (TPSA) is 67.7 Å². The maximum atomic E-state index is 6.08. The average Bonchev–Trinajstić information content (AvgIpc) is 3.41. The third kappa shape index (κ3) is 4.74. The zero-order chi connectivity index (χ0) is 20.8. The summed E-state index contributed by atoms with van der Waals surface area (Å²) >= 11 is 0. The van der Waals surface area contributed by atoms with E-state index in [4.69, 9.17) is 19.2 Å². The van der Waals surface area contributed by atoms with Gasteiger partial charge in [0.2, 0.25) is 0 Å². The molecule has 0 amide bonds. The number of nitrogens with zero attached hydrogens (tertiary/aromatic N) is 3. The smallest absolute Gasteiger partial charge is 0.163 e. The van der Waals surface area contributed by atoms with E-state index in [1.54, 1.807) is 7.11 Å². The summed E-state index contributed by atoms with van der Waals surface area (Å²) in [6.45, 7) is 8.31. The second-order valence-electron chi connectivity index (χ2n) is 7.70. The van der Waals surface area contributed by atoms with Gasteiger partial charge in [-0.3, -0.25) is 10.3 Å². The minimum Gasteiger partial charge on any atom is -0.493 e. The molecule has 0 radical (unpaired) electrons. The van der Waals surface area contributed by atoms with Gasteiger partial charge in [-0.05, 0) is 51.4 Å². The fourth-order valence-corrected chi connectivity index (χ4v) is 4.19. The Morgan fingerprint density at radius 2 is 2.03 bits per heavy atom. The molecule has 3 heterocycles. The molecule has 1 atom stereocenters. The van der Waals surface area contributed by atoms with E-state index in [0.717, 1.165) is 52.9 Å². The highest BCUT2D eigenvalue weighted by molar-refractivity contribution is 5.86. The van der Waals surface area contributed by atoms with Gasteiger partial charge in [0.05, 0.1) is 31.4 Å². The van der Waals surface area contributed by atoms with Crippen molar-refractivity contribution in [2.45, 2.75) is 32.4 Å². The molecule has 1 unspecified atom stereocenters. The summed E-state index contributed by atoms with van der Waals surface area (Å²) < 4.78 is 17.2. The Balaban J connectivity index is 1.48. The minimum absolute atomic E-state index is 0.132. The molecule has 1 aromatic rings. The van der Waals surface area contributed by atoms with Crippen LogP contribution in [-0.2, 0) is 4.74 Å². The van der Waals surface area contributed by atoms with Crippen molar-refractivity contribution >= 4 is 11.8 Å². The number of aliphatic imine (C=N–C) groups is 1. The molecule has 7 nitrogen and oxygen atoms in total. The standard InChI is InChI=1S/C23H32N4O3/c1-3-29-14-9-25-23-22-17-15-20(28-2)21(16-19(17)26-18(22)7-8-24-23)30-13-6-12-27-10-4-5-11-27/h7-8,15-16,23,25H,3-6,9-14H2,1-2H3. The van der Waals surface area contributed by atoms with Crippen LogP contribution in [-0.4, -0.2) is 70.4 Å². The first-order valence-electron chi connectivity index (χ1n) is 11.0. The van der Waals surface area contributed by atoms with Crippen molar-refractivity contribution in [2.24, 2.45) is 9.98 Å². The van der Waals surface area contributed by atoms with Crippen molar-refractivity contribution in [3.8, 4) is 11.5 Å². The lowest BCUT2D eigenvalue weighted by molar-refractivity contribution is 0.148. The molecule has 1 N–H and O–H groups in total. The first kappa shape index (κ1) is 21.0. The molecule has 1 saturated heterocycles. The zero-order valence-corrected chi connectivity index (χ0v) is 18.0. The summed E-state index contributed by atoms with van der Waals surface area (Å²) in [7, 11) is 1.68. The molecule has 3 aliphatic rings. The number of hydrogen-bond acceptors (Lipinski definition) is 7. The Labute approximate surface area is 178 Å². The molecule has 0 aliphatic carbocycles. The van der Waals surface area contributed by atoms with Crippen molar-refractivity contribution in [3.63, 3.8) is 0 Å². The van der Waals surface area contributed by atoms with Crippen LogP contribution < -0.4 is 25.4 Å². The van der Waals surface area contributed by atoms with Gasteiger partial charge in [-0.15, -0.1) is 0 Å². The summed E-state index contributed by atoms with van der Waals surface area (Å²) in [6.07, 6.45) is 7.30. The van der Waals surface area contributed by atoms with Crippen molar-refractivity contribution in [1.29, 1.82) is 0 Å². The average molecular weight is 413 g/mol. The van der Waals surface area contributed by atoms with Gasteiger partial charge < -0.3 is 19.1 Å². The van der Waals surface area contributed by atoms with E-state index in [1.165, 1.54) is 25.9 Å². The van der Waals surface area contributed by atoms with Crippen LogP contribution in [0.25, 0.3) is 5.57 Å². The fraction of sp³-hybridized carbons (Fsp3) is 0.565. The van der Waals surface area contributed by atoms with E-state index in [1.807, 2.05) is 31.3 Å². The highest BCUT2D eigenvalue weighted by atomic mass is 16.5. The molecule has 1 fully saturated rings. The van der Waals surface area contributed by atoms with Crippen LogP contribution in [0, 0.1) is 0 Å². The Morgan fingerprint density at radius 1 is 1.17 bits per heavy atom. The lowest BCUT2D eigenvalue weighted by atomic mass is 10.1. The monoisotopic (exact) mass is 412 g/mol. The number of fused-ring (bicyclic) bond motifs is 2. The van der Waals surface area contributed by atoms with Crippen molar-refractivity contribution in [2.75, 3.05) is 53.1 Å². The summed E-state index contributed by atoms with van der Waals surface area (Å²) in [5, 5.41) is 5.41. The van der Waals surface area contributed by atoms with Crippen LogP contribution in [0.1, 0.15) is 26.2 Å². The second kappa shape index (κ2) is 10.2. The maximum absolute atomic E-state index is 6.08. The van der Waals surface area contributed by atoms with E-state index < -0.39 is 0 Å². The van der Waals surface area contributed by atoms with Gasteiger partial charge in [0.1, 0.15) is 6.17 Å². The van der Waals surface area contributed by atoms with E-state index in [2.05, 4.69) is 15.2 Å². The van der Waals surface area contributed by atoms with Crippen molar-refractivity contribution < 1.29 is 14.2 Å². The molecule has 162 valence electrons. The quantitative estimate of drug-likeness (QED) is 0.555. The first-order chi connectivity index (χ1) is 14.8. The molecule has 30 heavy (non-hydrogen) atoms. The van der Waals surface area contributed by atoms with Gasteiger partial charge >= 0.3 is 0 Å². The number of methoxy groups -OCH3 is 1. The van der Waals surface area contributed by atoms with Crippen molar-refractivity contribution in [3.05, 3.63) is 34.5 Å². The second-order valence-corrected chi connectivity index (χ2v) is 7.70. The first-order valence-corrected chi connectivity index (χ1v) is 11.0. The fourth-order valence-electron chi connectivity index (χ4n) is 4.19. The van der Waals surface area contributed by atoms with E-state index in [-0.39, 0.29) is 6.17 Å². The summed E-state index contributed by atoms with van der Waals surface area (Å²) in [4.78, 5) is 11.9. The van der Waals surface area contributed by atoms with Gasteiger partial charge in [-0.25, -0.2) is 4.99 Å². The number of rotatable bonds is 11. The summed E-state index contributed by atoms with van der Waals surface area (Å²) in [5.74, 6) is 1.49. The number of nitrogens with one attached hydrogen (secondary N) is 1. The minimum atomic E-state index is -0.132. The highest BCUT2D eigenvalue weighted by Gasteiger charge is 2.25. The molecular formula is C23H32N4O3. The molecule has 4 rings (SSSR count). The number of likely N-dealkylation sites (tertiary alicyclic amines) is 1. The molecule has 0 bridgehead atoms. The predicted molar refractivity (Wildman–Crippen MR) is 118 cm³/mol. The molecule has 1 aromatic carbocycles. The molecule has 0 spiro atoms. The van der Waals surface area contributed by atoms with Crippen LogP contribution in [0.15, 0.2) is 33.9 Å². The third-order valence-corrected chi connectivity index (χ3v) is 5.69. The summed E-state index contributed by atoms with van der Waals surface area (Å²) in [5.41, 5.74) is 2.03. The van der Waals surface area contributed by atoms with Crippen LogP contribution in [0.5, 0.6) is 11.5 Å². The molecule has 0 saturated carbocycles. The van der Waals surface area contributed by atoms with Gasteiger partial charge in [0.25, 0.3) is 0 Å². The van der Waals surface area contributed by atoms with Crippen molar-refractivity contribution in [1.82, 2.24) is 10.2 Å². The van der Waals surface area contributed by atoms with Gasteiger partial charge in [-0.1, -0.05) is 0 Å². The highest BCUT2D eigenvalue weighted by Crippen LogP contribution is 2.27. The molecular weight excluding hydrogens is 380 g/mol. The number of ether oxygens (including phenoxy) is 3. The SMILES string of the molecule is CCOCCNC1N=CC=C2N=c3cc(OCCCN4CCCC4)c(OC)cc3=C21. The maximum Gasteiger partial charge on any atom is 0.163 e. The number of hydrogen-bond donors (Lipinski definition) is 1. The van der Waals surface area contributed by atoms with Crippen LogP contribution in [0.2, 0.25) is 0 Å². The molecule has 0 aromatic heterocycles. The Kier molecular flexibility index (Phi) is 7.15. The van der Waals surface area contributed by atoms with Crippen LogP contribution >= 0.6 is 0 Å². The van der Waals surface area contributed by atoms with E-state index in [0.29, 0.717) is 19.8 Å². The van der Waals surface area contributed by atoms with Gasteiger partial charge in [0, 0.05) is 42.8 Å². The largest absolute Gasteiger partial charge is 0.493 e. The predicted octanol–water partition coefficient (Wildman–Crippen LogP) is 1.26. The zero-order valence-electron chi connectivity index (χ0n) is 18.0. The van der Waals surface area contributed by atoms with E-state index in [9.17, 15) is 0 Å².